The zero-order valence-corrected chi connectivity index (χ0v) is 60.6. The average molecular weight is 1390 g/mol. The number of hydrogen-bond acceptors (Lipinski definition) is 0. The molecule has 0 aliphatic carbocycles. The Morgan fingerprint density at radius 2 is 0.255 bits per heavy atom. The van der Waals surface area contributed by atoms with E-state index in [9.17, 15) is 0 Å². The lowest BCUT2D eigenvalue weighted by Gasteiger charge is -2.19. The molecule has 0 heteroatoms. The van der Waals surface area contributed by atoms with Crippen LogP contribution in [0.4, 0.5) is 0 Å². The molecule has 0 saturated carbocycles. The van der Waals surface area contributed by atoms with Crippen molar-refractivity contribution in [2.24, 2.45) is 0 Å². The van der Waals surface area contributed by atoms with Crippen LogP contribution in [0.5, 0.6) is 0 Å². The fraction of sp³-hybridized carbons (Fsp3) is 0. The third-order valence-electron chi connectivity index (χ3n) is 22.5. The van der Waals surface area contributed by atoms with Gasteiger partial charge in [0.25, 0.3) is 0 Å². The first-order chi connectivity index (χ1) is 54.6. The molecule has 0 aliphatic rings. The van der Waals surface area contributed by atoms with Crippen LogP contribution in [0.1, 0.15) is 0 Å². The van der Waals surface area contributed by atoms with Crippen LogP contribution in [-0.4, -0.2) is 0 Å². The molecule has 22 aromatic rings. The van der Waals surface area contributed by atoms with Gasteiger partial charge in [0.2, 0.25) is 0 Å². The second-order valence-electron chi connectivity index (χ2n) is 28.9. The van der Waals surface area contributed by atoms with Crippen molar-refractivity contribution in [2.75, 3.05) is 0 Å². The first-order valence-corrected chi connectivity index (χ1v) is 38.1. The molecule has 22 rings (SSSR count). The van der Waals surface area contributed by atoms with Gasteiger partial charge in [0.15, 0.2) is 0 Å². The summed E-state index contributed by atoms with van der Waals surface area (Å²) >= 11 is 0. The molecule has 0 aliphatic heterocycles. The third kappa shape index (κ3) is 11.9. The zero-order valence-electron chi connectivity index (χ0n) is 60.6. The van der Waals surface area contributed by atoms with Gasteiger partial charge in [-0.05, 0) is 244 Å². The molecule has 0 radical (unpaired) electrons. The number of benzene rings is 22. The Morgan fingerprint density at radius 1 is 0.0818 bits per heavy atom. The van der Waals surface area contributed by atoms with Gasteiger partial charge in [-0.25, -0.2) is 0 Å². The van der Waals surface area contributed by atoms with Crippen molar-refractivity contribution in [2.45, 2.75) is 0 Å². The normalized spacial score (nSPS) is 11.5. The van der Waals surface area contributed by atoms with Crippen molar-refractivity contribution in [3.8, 4) is 89.0 Å². The fourth-order valence-corrected chi connectivity index (χ4v) is 17.3. The molecule has 0 unspecified atom stereocenters. The van der Waals surface area contributed by atoms with E-state index in [2.05, 4.69) is 437 Å². The summed E-state index contributed by atoms with van der Waals surface area (Å²) < 4.78 is 0. The predicted molar refractivity (Wildman–Crippen MR) is 475 cm³/mol. The smallest absolute Gasteiger partial charge is 0.00259 e. The van der Waals surface area contributed by atoms with Gasteiger partial charge in [-0.15, -0.1) is 0 Å². The lowest BCUT2D eigenvalue weighted by atomic mass is 9.84. The highest BCUT2D eigenvalue weighted by Crippen LogP contribution is 2.49. The maximum Gasteiger partial charge on any atom is -0.00259 e. The van der Waals surface area contributed by atoms with Crippen LogP contribution in [0.15, 0.2) is 437 Å². The molecule has 0 spiro atoms. The molecule has 0 nitrogen and oxygen atoms in total. The minimum atomic E-state index is 1.23. The number of rotatable bonds is 8. The molecule has 0 aromatic heterocycles. The molecule has 0 heterocycles. The SMILES string of the molecule is c1ccc(-c2ccc(-c3c4ccccc4c(-c4ccc5ccccc5c4)c4ccccc34)cc2)cc1.c1ccc(-c2ccc3c(-c4ccc5ccccc5c4)c4ccccc4c(-c4ccc5ccccc5c4)c3c2)cc1.c1ccc2cc(-c3c4ccccc4c(-c4ccc5ccccc5c4)c4ccccc34)ccc2c1. The van der Waals surface area contributed by atoms with Gasteiger partial charge in [0.05, 0.1) is 0 Å². The van der Waals surface area contributed by atoms with Gasteiger partial charge >= 0.3 is 0 Å². The lowest BCUT2D eigenvalue weighted by molar-refractivity contribution is 1.61. The average Bonchev–Trinajstić information content (AvgIpc) is 0.754. The highest BCUT2D eigenvalue weighted by molar-refractivity contribution is 6.25. The van der Waals surface area contributed by atoms with Gasteiger partial charge in [0.1, 0.15) is 0 Å². The number of fused-ring (bicyclic) bond motifs is 11. The van der Waals surface area contributed by atoms with Gasteiger partial charge in [0, 0.05) is 0 Å². The molecule has 0 saturated heterocycles. The van der Waals surface area contributed by atoms with Crippen molar-refractivity contribution in [3.63, 3.8) is 0 Å². The Labute approximate surface area is 640 Å². The molecular weight excluding hydrogens is 1320 g/mol. The summed E-state index contributed by atoms with van der Waals surface area (Å²) in [6.07, 6.45) is 0. The Bertz CT molecular complexity index is 7060. The van der Waals surface area contributed by atoms with E-state index in [4.69, 9.17) is 0 Å². The second kappa shape index (κ2) is 28.2. The fourth-order valence-electron chi connectivity index (χ4n) is 17.3. The number of hydrogen-bond donors (Lipinski definition) is 0. The van der Waals surface area contributed by atoms with Crippen LogP contribution in [0.25, 0.3) is 208 Å². The molecule has 512 valence electrons. The minimum Gasteiger partial charge on any atom is -0.0622 e. The summed E-state index contributed by atoms with van der Waals surface area (Å²) in [5.74, 6) is 0. The van der Waals surface area contributed by atoms with Crippen LogP contribution >= 0.6 is 0 Å². The molecule has 0 atom stereocenters. The van der Waals surface area contributed by atoms with E-state index in [1.165, 1.54) is 208 Å². The monoisotopic (exact) mass is 1390 g/mol. The zero-order chi connectivity index (χ0) is 72.9. The Kier molecular flexibility index (Phi) is 16.7. The Balaban J connectivity index is 0.000000108. The van der Waals surface area contributed by atoms with Crippen molar-refractivity contribution in [1.29, 1.82) is 0 Å². The van der Waals surface area contributed by atoms with E-state index in [0.29, 0.717) is 0 Å². The largest absolute Gasteiger partial charge is 0.0622 e. The van der Waals surface area contributed by atoms with E-state index in [1.54, 1.807) is 0 Å². The van der Waals surface area contributed by atoms with Gasteiger partial charge in [-0.2, -0.15) is 0 Å². The second-order valence-corrected chi connectivity index (χ2v) is 28.9. The van der Waals surface area contributed by atoms with E-state index < -0.39 is 0 Å². The topological polar surface area (TPSA) is 0 Å². The first-order valence-electron chi connectivity index (χ1n) is 38.1. The Morgan fingerprint density at radius 3 is 0.527 bits per heavy atom. The van der Waals surface area contributed by atoms with Crippen molar-refractivity contribution in [3.05, 3.63) is 437 Å². The molecule has 0 amide bonds. The van der Waals surface area contributed by atoms with Gasteiger partial charge in [-0.1, -0.05) is 400 Å². The summed E-state index contributed by atoms with van der Waals surface area (Å²) in [7, 11) is 0. The van der Waals surface area contributed by atoms with Crippen molar-refractivity contribution >= 4 is 118 Å². The molecule has 0 bridgehead atoms. The molecule has 110 heavy (non-hydrogen) atoms. The molecular formula is C110H72. The maximum atomic E-state index is 2.40. The van der Waals surface area contributed by atoms with Gasteiger partial charge in [-0.3, -0.25) is 0 Å². The van der Waals surface area contributed by atoms with E-state index >= 15 is 0 Å². The molecule has 0 N–H and O–H groups in total. The quantitative estimate of drug-likeness (QED) is 0.133. The summed E-state index contributed by atoms with van der Waals surface area (Å²) in [6.45, 7) is 0. The highest BCUT2D eigenvalue weighted by Gasteiger charge is 2.22. The first kappa shape index (κ1) is 65.2. The summed E-state index contributed by atoms with van der Waals surface area (Å²) in [6, 6.07) is 159. The van der Waals surface area contributed by atoms with E-state index in [-0.39, 0.29) is 0 Å². The molecule has 0 fully saturated rings. The predicted octanol–water partition coefficient (Wildman–Crippen LogP) is 31.1. The standard InChI is InChI=1S/C40H26.C36H24.C34H22/c1-2-10-27(11-3-1)32-22-23-37-38(26-32)40(34-21-19-29-13-5-7-15-31(29)25-34)36-17-9-8-16-35(36)39(37)33-20-18-28-12-4-6-14-30(28)24-33;1-2-10-25(11-3-1)27-18-21-28(22-19-27)35-31-14-6-8-16-33(31)36(34-17-9-7-15-32(34)35)30-23-20-26-12-4-5-13-29(26)24-30;1-3-11-25-21-27(19-17-23(25)9-1)33-29-13-5-7-15-31(29)34(32-16-8-6-14-30(32)33)28-20-18-24-10-2-4-12-26(24)22-28/h1-26H;1-24H;1-22H. The minimum absolute atomic E-state index is 1.23. The lowest BCUT2D eigenvalue weighted by Crippen LogP contribution is -1.92. The van der Waals surface area contributed by atoms with Crippen molar-refractivity contribution in [1.82, 2.24) is 0 Å². The van der Waals surface area contributed by atoms with Crippen LogP contribution in [0.2, 0.25) is 0 Å². The Hall–Kier alpha value is -14.3. The third-order valence-corrected chi connectivity index (χ3v) is 22.5. The highest BCUT2D eigenvalue weighted by atomic mass is 14.3. The molecule has 22 aromatic carbocycles. The van der Waals surface area contributed by atoms with Crippen LogP contribution in [0, 0.1) is 0 Å². The van der Waals surface area contributed by atoms with Crippen LogP contribution in [0.3, 0.4) is 0 Å². The van der Waals surface area contributed by atoms with Gasteiger partial charge < -0.3 is 0 Å². The van der Waals surface area contributed by atoms with E-state index in [1.807, 2.05) is 0 Å². The van der Waals surface area contributed by atoms with E-state index in [0.717, 1.165) is 0 Å². The van der Waals surface area contributed by atoms with Crippen molar-refractivity contribution < 1.29 is 0 Å². The van der Waals surface area contributed by atoms with Crippen LogP contribution < -0.4 is 0 Å². The summed E-state index contributed by atoms with van der Waals surface area (Å²) in [4.78, 5) is 0. The summed E-state index contributed by atoms with van der Waals surface area (Å²) in [5, 5.41) is 28.1. The maximum absolute atomic E-state index is 2.40. The van der Waals surface area contributed by atoms with Crippen LogP contribution in [-0.2, 0) is 0 Å². The summed E-state index contributed by atoms with van der Waals surface area (Å²) in [5.41, 5.74) is 20.2.